The summed E-state index contributed by atoms with van der Waals surface area (Å²) in [6, 6.07) is 84.0. The van der Waals surface area contributed by atoms with Gasteiger partial charge in [-0.1, -0.05) is 177 Å². The van der Waals surface area contributed by atoms with Gasteiger partial charge >= 0.3 is 0 Å². The lowest BCUT2D eigenvalue weighted by atomic mass is 9.97. The molecule has 9 aromatic carbocycles. The van der Waals surface area contributed by atoms with Crippen molar-refractivity contribution in [2.45, 2.75) is 13.1 Å². The topological polar surface area (TPSA) is 6.48 Å². The zero-order valence-corrected chi connectivity index (χ0v) is 34.3. The fraction of sp³-hybridized carbons (Fsp3) is 0.0357. The zero-order valence-electron chi connectivity index (χ0n) is 33.3. The van der Waals surface area contributed by atoms with Gasteiger partial charge in [-0.05, 0) is 122 Å². The van der Waals surface area contributed by atoms with Gasteiger partial charge in [0.2, 0.25) is 0 Å². The van der Waals surface area contributed by atoms with Crippen molar-refractivity contribution in [1.82, 2.24) is 0 Å². The van der Waals surface area contributed by atoms with E-state index in [1.165, 1.54) is 71.9 Å². The van der Waals surface area contributed by atoms with Crippen molar-refractivity contribution >= 4 is 52.6 Å². The minimum Gasteiger partial charge on any atom is -0.311 e. The predicted molar refractivity (Wildman–Crippen MR) is 254 cm³/mol. The molecule has 0 fully saturated rings. The van der Waals surface area contributed by atoms with Crippen molar-refractivity contribution in [3.8, 4) is 44.5 Å². The van der Waals surface area contributed by atoms with Crippen LogP contribution in [0.1, 0.15) is 0 Å². The van der Waals surface area contributed by atoms with Gasteiger partial charge in [0, 0.05) is 34.1 Å². The normalized spacial score (nSPS) is 12.7. The molecule has 282 valence electrons. The fourth-order valence-corrected chi connectivity index (χ4v) is 11.8. The molecule has 0 saturated carbocycles. The average Bonchev–Trinajstić information content (AvgIpc) is 3.31. The second-order valence-electron chi connectivity index (χ2n) is 15.8. The van der Waals surface area contributed by atoms with Gasteiger partial charge in [0.25, 0.3) is 0 Å². The second kappa shape index (κ2) is 15.3. The van der Waals surface area contributed by atoms with Crippen LogP contribution in [0, 0.1) is 0 Å². The van der Waals surface area contributed by atoms with Crippen LogP contribution in [-0.2, 0) is 0 Å². The van der Waals surface area contributed by atoms with E-state index in [9.17, 15) is 0 Å². The largest absolute Gasteiger partial charge is 0.311 e. The van der Waals surface area contributed by atoms with Crippen LogP contribution in [0.15, 0.2) is 231 Å². The van der Waals surface area contributed by atoms with E-state index in [4.69, 9.17) is 0 Å². The first kappa shape index (κ1) is 36.2. The van der Waals surface area contributed by atoms with Crippen molar-refractivity contribution < 1.29 is 0 Å². The highest BCUT2D eigenvalue weighted by Crippen LogP contribution is 2.42. The quantitative estimate of drug-likeness (QED) is 0.142. The lowest BCUT2D eigenvalue weighted by molar-refractivity contribution is 1.28. The number of para-hydroxylation sites is 2. The van der Waals surface area contributed by atoms with Gasteiger partial charge in [-0.3, -0.25) is 0 Å². The lowest BCUT2D eigenvalue weighted by Crippen LogP contribution is -2.58. The molecule has 0 unspecified atom stereocenters. The van der Waals surface area contributed by atoms with E-state index in [2.05, 4.69) is 253 Å². The Morgan fingerprint density at radius 3 is 1.19 bits per heavy atom. The van der Waals surface area contributed by atoms with Gasteiger partial charge in [-0.25, -0.2) is 0 Å². The van der Waals surface area contributed by atoms with Gasteiger partial charge < -0.3 is 9.80 Å². The van der Waals surface area contributed by atoms with E-state index in [0.717, 1.165) is 17.1 Å². The summed E-state index contributed by atoms with van der Waals surface area (Å²) >= 11 is 0. The summed E-state index contributed by atoms with van der Waals surface area (Å²) in [5.41, 5.74) is 16.5. The third-order valence-electron chi connectivity index (χ3n) is 11.8. The van der Waals surface area contributed by atoms with E-state index in [1.807, 2.05) is 0 Å². The summed E-state index contributed by atoms with van der Waals surface area (Å²) in [5, 5.41) is 2.94. The molecule has 0 N–H and O–H groups in total. The zero-order chi connectivity index (χ0) is 39.8. The van der Waals surface area contributed by atoms with Crippen molar-refractivity contribution in [2.75, 3.05) is 9.80 Å². The number of hydrogen-bond donors (Lipinski definition) is 0. The summed E-state index contributed by atoms with van der Waals surface area (Å²) in [5.74, 6) is 0. The van der Waals surface area contributed by atoms with E-state index in [-0.39, 0.29) is 0 Å². The SMILES string of the molecule is C[Si]1(C)c2ccccc2N(c2cccc(-c3ccc(N(c4ccc(-c5ccccc5)cc4)c4cc(-c5ccccc5)cc(-c5ccccc5)c4)cc3)c2)c2ccccc21. The number of benzene rings is 9. The van der Waals surface area contributed by atoms with Gasteiger partial charge in [-0.15, -0.1) is 0 Å². The maximum absolute atomic E-state index is 2.47. The summed E-state index contributed by atoms with van der Waals surface area (Å²) in [7, 11) is -1.87. The van der Waals surface area contributed by atoms with Crippen LogP contribution in [0.3, 0.4) is 0 Å². The third kappa shape index (κ3) is 6.86. The minimum atomic E-state index is -1.87. The van der Waals surface area contributed by atoms with E-state index >= 15 is 0 Å². The lowest BCUT2D eigenvalue weighted by Gasteiger charge is -2.41. The van der Waals surface area contributed by atoms with Crippen molar-refractivity contribution in [1.29, 1.82) is 0 Å². The summed E-state index contributed by atoms with van der Waals surface area (Å²) in [4.78, 5) is 4.85. The maximum atomic E-state index is 2.47. The number of anilines is 6. The molecule has 0 radical (unpaired) electrons. The minimum absolute atomic E-state index is 1.09. The highest BCUT2D eigenvalue weighted by Gasteiger charge is 2.38. The van der Waals surface area contributed by atoms with Crippen LogP contribution in [-0.4, -0.2) is 8.07 Å². The van der Waals surface area contributed by atoms with Gasteiger partial charge in [0.1, 0.15) is 8.07 Å². The van der Waals surface area contributed by atoms with Crippen LogP contribution < -0.4 is 20.2 Å². The first-order valence-corrected chi connectivity index (χ1v) is 23.4. The molecule has 59 heavy (non-hydrogen) atoms. The Hall–Kier alpha value is -7.20. The van der Waals surface area contributed by atoms with Gasteiger partial charge in [0.05, 0.1) is 0 Å². The maximum Gasteiger partial charge on any atom is 0.117 e. The molecule has 1 aliphatic heterocycles. The Morgan fingerprint density at radius 1 is 0.305 bits per heavy atom. The highest BCUT2D eigenvalue weighted by atomic mass is 28.3. The number of fused-ring (bicyclic) bond motifs is 2. The van der Waals surface area contributed by atoms with E-state index < -0.39 is 8.07 Å². The molecule has 1 aliphatic rings. The molecular formula is C56H44N2Si. The monoisotopic (exact) mass is 772 g/mol. The van der Waals surface area contributed by atoms with Crippen LogP contribution in [0.2, 0.25) is 13.1 Å². The fourth-order valence-electron chi connectivity index (χ4n) is 8.79. The molecule has 0 amide bonds. The molecule has 1 heterocycles. The standard InChI is InChI=1S/C56H44N2Si/c1-59(2)55-27-14-12-25-53(55)58(54-26-13-15-28-56(54)59)51-24-16-23-46(38-51)45-31-35-50(36-32-45)57(49-33-29-44(30-34-49)41-17-6-3-7-18-41)52-39-47(42-19-8-4-9-20-42)37-48(40-52)43-21-10-5-11-22-43/h3-40H,1-2H3. The molecule has 10 rings (SSSR count). The molecule has 0 aromatic heterocycles. The Bertz CT molecular complexity index is 2780. The summed E-state index contributed by atoms with van der Waals surface area (Å²) < 4.78 is 0. The smallest absolute Gasteiger partial charge is 0.117 e. The predicted octanol–water partition coefficient (Wildman–Crippen LogP) is 14.4. The first-order chi connectivity index (χ1) is 29.0. The number of nitrogens with zero attached hydrogens (tertiary/aromatic N) is 2. The molecule has 0 aliphatic carbocycles. The van der Waals surface area contributed by atoms with Crippen LogP contribution in [0.25, 0.3) is 44.5 Å². The Morgan fingerprint density at radius 2 is 0.695 bits per heavy atom. The van der Waals surface area contributed by atoms with E-state index in [0.29, 0.717) is 0 Å². The summed E-state index contributed by atoms with van der Waals surface area (Å²) in [6.45, 7) is 4.95. The molecule has 9 aromatic rings. The van der Waals surface area contributed by atoms with Crippen molar-refractivity contribution in [2.24, 2.45) is 0 Å². The van der Waals surface area contributed by atoms with Gasteiger partial charge in [0.15, 0.2) is 0 Å². The van der Waals surface area contributed by atoms with Crippen molar-refractivity contribution in [3.05, 3.63) is 231 Å². The number of rotatable bonds is 8. The molecule has 0 bridgehead atoms. The highest BCUT2D eigenvalue weighted by molar-refractivity contribution is 7.02. The molecule has 3 heteroatoms. The number of hydrogen-bond acceptors (Lipinski definition) is 2. The van der Waals surface area contributed by atoms with E-state index in [1.54, 1.807) is 0 Å². The molecular weight excluding hydrogens is 729 g/mol. The van der Waals surface area contributed by atoms with Crippen LogP contribution in [0.4, 0.5) is 34.1 Å². The second-order valence-corrected chi connectivity index (χ2v) is 20.2. The average molecular weight is 773 g/mol. The Labute approximate surface area is 349 Å². The molecule has 2 nitrogen and oxygen atoms in total. The molecule has 0 saturated heterocycles. The Kier molecular flexibility index (Phi) is 9.36. The summed E-state index contributed by atoms with van der Waals surface area (Å²) in [6.07, 6.45) is 0. The molecule has 0 atom stereocenters. The Balaban J connectivity index is 1.07. The first-order valence-electron chi connectivity index (χ1n) is 20.4. The van der Waals surface area contributed by atoms with Gasteiger partial charge in [-0.2, -0.15) is 0 Å². The van der Waals surface area contributed by atoms with Crippen LogP contribution in [0.5, 0.6) is 0 Å². The van der Waals surface area contributed by atoms with Crippen LogP contribution >= 0.6 is 0 Å². The molecule has 0 spiro atoms. The van der Waals surface area contributed by atoms with Crippen molar-refractivity contribution in [3.63, 3.8) is 0 Å². The third-order valence-corrected chi connectivity index (χ3v) is 15.4.